The summed E-state index contributed by atoms with van der Waals surface area (Å²) in [6, 6.07) is 4.99. The van der Waals surface area contributed by atoms with E-state index in [2.05, 4.69) is 10.3 Å². The lowest BCUT2D eigenvalue weighted by atomic mass is 10.1. The molecule has 1 N–H and O–H groups in total. The molecule has 0 radical (unpaired) electrons. The number of nitrogens with one attached hydrogen (secondary N) is 1. The van der Waals surface area contributed by atoms with Crippen molar-refractivity contribution in [2.24, 2.45) is 0 Å². The van der Waals surface area contributed by atoms with E-state index in [0.717, 1.165) is 13.0 Å². The fourth-order valence-electron chi connectivity index (χ4n) is 2.16. The summed E-state index contributed by atoms with van der Waals surface area (Å²) in [5.74, 6) is -1.08. The molecule has 1 aromatic heterocycles. The normalized spacial score (nSPS) is 17.0. The van der Waals surface area contributed by atoms with Crippen molar-refractivity contribution >= 4 is 23.0 Å². The van der Waals surface area contributed by atoms with Gasteiger partial charge in [0.25, 0.3) is 5.91 Å². The van der Waals surface area contributed by atoms with Crippen molar-refractivity contribution in [2.45, 2.75) is 19.4 Å². The van der Waals surface area contributed by atoms with E-state index in [1.807, 2.05) is 0 Å². The Kier molecular flexibility index (Phi) is 4.06. The zero-order valence-corrected chi connectivity index (χ0v) is 12.1. The van der Waals surface area contributed by atoms with Gasteiger partial charge in [-0.2, -0.15) is 0 Å². The summed E-state index contributed by atoms with van der Waals surface area (Å²) in [6.07, 6.45) is 1.02. The van der Waals surface area contributed by atoms with Crippen LogP contribution in [0.4, 0.5) is 0 Å². The molecule has 7 nitrogen and oxygen atoms in total. The fourth-order valence-corrected chi connectivity index (χ4v) is 2.16. The summed E-state index contributed by atoms with van der Waals surface area (Å²) in [7, 11) is 0. The Morgan fingerprint density at radius 2 is 2.27 bits per heavy atom. The summed E-state index contributed by atoms with van der Waals surface area (Å²) < 4.78 is 15.5. The molecule has 1 aliphatic heterocycles. The van der Waals surface area contributed by atoms with Crippen molar-refractivity contribution in [1.82, 2.24) is 10.3 Å². The number of carbonyl (C=O) groups excluding carboxylic acids is 2. The second-order valence-corrected chi connectivity index (χ2v) is 4.88. The second kappa shape index (κ2) is 6.15. The lowest BCUT2D eigenvalue weighted by Crippen LogP contribution is -2.39. The number of hydrogen-bond donors (Lipinski definition) is 1. The number of aromatic nitrogens is 1. The van der Waals surface area contributed by atoms with E-state index in [9.17, 15) is 9.59 Å². The standard InChI is InChI=1S/C15H16N2O5/c1-2-20-15(19)14-17-11-5-3-4-10(12(11)22-14)13(18)16-8-9-6-7-21-9/h3-5,9H,2,6-8H2,1H3,(H,16,18). The van der Waals surface area contributed by atoms with Gasteiger partial charge in [-0.3, -0.25) is 4.79 Å². The van der Waals surface area contributed by atoms with Gasteiger partial charge in [-0.15, -0.1) is 0 Å². The smallest absolute Gasteiger partial charge is 0.394 e. The van der Waals surface area contributed by atoms with Crippen LogP contribution in [0.5, 0.6) is 0 Å². The largest absolute Gasteiger partial charge is 0.459 e. The second-order valence-electron chi connectivity index (χ2n) is 4.88. The Balaban J connectivity index is 1.82. The highest BCUT2D eigenvalue weighted by molar-refractivity contribution is 6.04. The van der Waals surface area contributed by atoms with Crippen LogP contribution in [0.2, 0.25) is 0 Å². The van der Waals surface area contributed by atoms with Gasteiger partial charge in [0.1, 0.15) is 5.52 Å². The molecule has 0 saturated carbocycles. The number of benzene rings is 1. The van der Waals surface area contributed by atoms with Crippen molar-refractivity contribution < 1.29 is 23.5 Å². The first-order valence-electron chi connectivity index (χ1n) is 7.15. The third-order valence-electron chi connectivity index (χ3n) is 3.39. The number of carbonyl (C=O) groups is 2. The molecule has 1 fully saturated rings. The van der Waals surface area contributed by atoms with Crippen LogP contribution in [0.3, 0.4) is 0 Å². The Hall–Kier alpha value is -2.41. The lowest BCUT2D eigenvalue weighted by molar-refractivity contribution is -0.0472. The molecule has 22 heavy (non-hydrogen) atoms. The van der Waals surface area contributed by atoms with Crippen LogP contribution in [0, 0.1) is 0 Å². The number of ether oxygens (including phenoxy) is 2. The van der Waals surface area contributed by atoms with Crippen LogP contribution in [-0.2, 0) is 9.47 Å². The molecule has 1 aromatic carbocycles. The summed E-state index contributed by atoms with van der Waals surface area (Å²) >= 11 is 0. The number of fused-ring (bicyclic) bond motifs is 1. The zero-order chi connectivity index (χ0) is 15.5. The van der Waals surface area contributed by atoms with Crippen molar-refractivity contribution in [1.29, 1.82) is 0 Å². The van der Waals surface area contributed by atoms with E-state index in [1.54, 1.807) is 25.1 Å². The molecule has 1 unspecified atom stereocenters. The molecule has 1 aliphatic rings. The van der Waals surface area contributed by atoms with Gasteiger partial charge in [0.2, 0.25) is 0 Å². The zero-order valence-electron chi connectivity index (χ0n) is 12.1. The van der Waals surface area contributed by atoms with E-state index < -0.39 is 5.97 Å². The summed E-state index contributed by atoms with van der Waals surface area (Å²) in [5.41, 5.74) is 1.05. The van der Waals surface area contributed by atoms with E-state index in [4.69, 9.17) is 13.9 Å². The molecular weight excluding hydrogens is 288 g/mol. The van der Waals surface area contributed by atoms with Gasteiger partial charge in [0, 0.05) is 13.2 Å². The topological polar surface area (TPSA) is 90.7 Å². The molecule has 1 atom stereocenters. The minimum Gasteiger partial charge on any atom is -0.459 e. The average molecular weight is 304 g/mol. The van der Waals surface area contributed by atoms with Gasteiger partial charge in [-0.05, 0) is 25.5 Å². The average Bonchev–Trinajstić information content (AvgIpc) is 2.89. The lowest BCUT2D eigenvalue weighted by Gasteiger charge is -2.26. The Bertz CT molecular complexity index is 705. The molecule has 0 aliphatic carbocycles. The maximum atomic E-state index is 12.2. The number of rotatable bonds is 5. The molecular formula is C15H16N2O5. The highest BCUT2D eigenvalue weighted by Gasteiger charge is 2.22. The highest BCUT2D eigenvalue weighted by atomic mass is 16.5. The molecule has 3 rings (SSSR count). The Morgan fingerprint density at radius 1 is 1.45 bits per heavy atom. The van der Waals surface area contributed by atoms with E-state index >= 15 is 0 Å². The molecule has 1 saturated heterocycles. The van der Waals surface area contributed by atoms with Crippen LogP contribution in [0.25, 0.3) is 11.1 Å². The van der Waals surface area contributed by atoms with Gasteiger partial charge >= 0.3 is 11.9 Å². The number of para-hydroxylation sites is 1. The van der Waals surface area contributed by atoms with Crippen LogP contribution in [-0.4, -0.2) is 42.7 Å². The van der Waals surface area contributed by atoms with Crippen LogP contribution >= 0.6 is 0 Å². The van der Waals surface area contributed by atoms with Gasteiger partial charge in [0.05, 0.1) is 18.3 Å². The number of nitrogens with zero attached hydrogens (tertiary/aromatic N) is 1. The van der Waals surface area contributed by atoms with Gasteiger partial charge in [-0.25, -0.2) is 9.78 Å². The predicted octanol–water partition coefficient (Wildman–Crippen LogP) is 1.52. The first-order chi connectivity index (χ1) is 10.7. The van der Waals surface area contributed by atoms with Crippen LogP contribution < -0.4 is 5.32 Å². The summed E-state index contributed by atoms with van der Waals surface area (Å²) in [5, 5.41) is 2.79. The number of amides is 1. The number of hydrogen-bond acceptors (Lipinski definition) is 6. The van der Waals surface area contributed by atoms with E-state index in [0.29, 0.717) is 17.6 Å². The van der Waals surface area contributed by atoms with Crippen molar-refractivity contribution in [3.8, 4) is 0 Å². The van der Waals surface area contributed by atoms with Gasteiger partial charge in [-0.1, -0.05) is 6.07 Å². The van der Waals surface area contributed by atoms with Crippen molar-refractivity contribution in [3.05, 3.63) is 29.7 Å². The molecule has 1 amide bonds. The summed E-state index contributed by atoms with van der Waals surface area (Å²) in [4.78, 5) is 27.9. The van der Waals surface area contributed by atoms with Crippen molar-refractivity contribution in [3.63, 3.8) is 0 Å². The third kappa shape index (κ3) is 2.80. The first-order valence-corrected chi connectivity index (χ1v) is 7.15. The first kappa shape index (κ1) is 14.5. The molecule has 0 spiro atoms. The minimum atomic E-state index is -0.645. The number of oxazole rings is 1. The summed E-state index contributed by atoms with van der Waals surface area (Å²) in [6.45, 7) is 3.11. The van der Waals surface area contributed by atoms with E-state index in [-0.39, 0.29) is 30.1 Å². The molecule has 2 heterocycles. The van der Waals surface area contributed by atoms with Crippen molar-refractivity contribution in [2.75, 3.05) is 19.8 Å². The maximum absolute atomic E-state index is 12.2. The maximum Gasteiger partial charge on any atom is 0.394 e. The van der Waals surface area contributed by atoms with Crippen LogP contribution in [0.1, 0.15) is 34.4 Å². The highest BCUT2D eigenvalue weighted by Crippen LogP contribution is 2.21. The minimum absolute atomic E-state index is 0.0768. The third-order valence-corrected chi connectivity index (χ3v) is 3.39. The molecule has 7 heteroatoms. The SMILES string of the molecule is CCOC(=O)c1nc2cccc(C(=O)NCC3CCO3)c2o1. The fraction of sp³-hybridized carbons (Fsp3) is 0.400. The van der Waals surface area contributed by atoms with Crippen LogP contribution in [0.15, 0.2) is 22.6 Å². The Morgan fingerprint density at radius 3 is 2.95 bits per heavy atom. The molecule has 0 bridgehead atoms. The predicted molar refractivity (Wildman–Crippen MR) is 76.7 cm³/mol. The molecule has 116 valence electrons. The van der Waals surface area contributed by atoms with E-state index in [1.165, 1.54) is 0 Å². The monoisotopic (exact) mass is 304 g/mol. The Labute approximate surface area is 126 Å². The number of esters is 1. The van der Waals surface area contributed by atoms with Gasteiger partial charge in [0.15, 0.2) is 5.58 Å². The molecule has 2 aromatic rings. The van der Waals surface area contributed by atoms with Gasteiger partial charge < -0.3 is 19.2 Å². The quantitative estimate of drug-likeness (QED) is 0.842.